The molecule has 1 amide bonds. The molecule has 0 atom stereocenters. The number of benzene rings is 1. The van der Waals surface area contributed by atoms with E-state index in [0.717, 1.165) is 33.2 Å². The summed E-state index contributed by atoms with van der Waals surface area (Å²) in [6.07, 6.45) is 2.49. The second-order valence-corrected chi connectivity index (χ2v) is 6.83. The molecule has 0 aliphatic carbocycles. The third-order valence-electron chi connectivity index (χ3n) is 4.79. The highest BCUT2D eigenvalue weighted by Gasteiger charge is 2.25. The van der Waals surface area contributed by atoms with Gasteiger partial charge in [-0.1, -0.05) is 13.8 Å². The predicted octanol–water partition coefficient (Wildman–Crippen LogP) is 3.41. The number of rotatable bonds is 5. The van der Waals surface area contributed by atoms with Crippen LogP contribution in [0, 0.1) is 12.3 Å². The summed E-state index contributed by atoms with van der Waals surface area (Å²) in [7, 11) is 1.66. The van der Waals surface area contributed by atoms with Crippen LogP contribution < -0.4 is 10.5 Å². The molecule has 0 aliphatic rings. The maximum absolute atomic E-state index is 11.7. The molecule has 0 radical (unpaired) electrons. The average molecular weight is 325 g/mol. The fourth-order valence-corrected chi connectivity index (χ4v) is 3.07. The number of methoxy groups -OCH3 is 1. The third kappa shape index (κ3) is 2.60. The minimum Gasteiger partial charge on any atom is -0.497 e. The number of primary amides is 1. The van der Waals surface area contributed by atoms with E-state index >= 15 is 0 Å². The minimum absolute atomic E-state index is 0.282. The highest BCUT2D eigenvalue weighted by Crippen LogP contribution is 2.34. The summed E-state index contributed by atoms with van der Waals surface area (Å²) in [5, 5.41) is 2.32. The number of aryl methyl sites for hydroxylation is 2. The van der Waals surface area contributed by atoms with Crippen LogP contribution in [0.5, 0.6) is 5.75 Å². The van der Waals surface area contributed by atoms with Crippen molar-refractivity contribution in [3.05, 3.63) is 36.2 Å². The van der Waals surface area contributed by atoms with Crippen LogP contribution in [0.1, 0.15) is 26.0 Å². The smallest absolute Gasteiger partial charge is 0.223 e. The molecular formula is C19H23N3O2. The van der Waals surface area contributed by atoms with Gasteiger partial charge in [-0.25, -0.2) is 0 Å². The Kier molecular flexibility index (Phi) is 3.95. The molecule has 0 spiro atoms. The largest absolute Gasteiger partial charge is 0.497 e. The van der Waals surface area contributed by atoms with Crippen LogP contribution in [0.4, 0.5) is 0 Å². The first-order valence-electron chi connectivity index (χ1n) is 8.06. The van der Waals surface area contributed by atoms with Gasteiger partial charge in [0.2, 0.25) is 5.91 Å². The minimum atomic E-state index is -0.558. The highest BCUT2D eigenvalue weighted by molar-refractivity contribution is 6.09. The molecule has 24 heavy (non-hydrogen) atoms. The van der Waals surface area contributed by atoms with Crippen molar-refractivity contribution >= 4 is 27.7 Å². The van der Waals surface area contributed by atoms with Crippen LogP contribution in [0.2, 0.25) is 0 Å². The number of hydrogen-bond acceptors (Lipinski definition) is 3. The van der Waals surface area contributed by atoms with Crippen molar-refractivity contribution < 1.29 is 9.53 Å². The monoisotopic (exact) mass is 325 g/mol. The molecule has 5 nitrogen and oxygen atoms in total. The van der Waals surface area contributed by atoms with Gasteiger partial charge in [0.1, 0.15) is 5.75 Å². The van der Waals surface area contributed by atoms with Crippen molar-refractivity contribution in [2.24, 2.45) is 11.1 Å². The van der Waals surface area contributed by atoms with Crippen molar-refractivity contribution in [3.63, 3.8) is 0 Å². The van der Waals surface area contributed by atoms with Crippen LogP contribution in [0.25, 0.3) is 21.8 Å². The third-order valence-corrected chi connectivity index (χ3v) is 4.79. The van der Waals surface area contributed by atoms with Gasteiger partial charge in [-0.15, -0.1) is 0 Å². The van der Waals surface area contributed by atoms with Crippen LogP contribution in [0.15, 0.2) is 30.5 Å². The van der Waals surface area contributed by atoms with Crippen LogP contribution in [-0.4, -0.2) is 22.6 Å². The number of nitrogens with two attached hydrogens (primary N) is 1. The summed E-state index contributed by atoms with van der Waals surface area (Å²) in [5.41, 5.74) is 8.13. The van der Waals surface area contributed by atoms with E-state index in [-0.39, 0.29) is 5.91 Å². The molecule has 2 aromatic heterocycles. The zero-order chi connectivity index (χ0) is 17.5. The van der Waals surface area contributed by atoms with E-state index in [1.165, 1.54) is 0 Å². The molecule has 0 fully saturated rings. The number of fused-ring (bicyclic) bond motifs is 3. The van der Waals surface area contributed by atoms with Crippen molar-refractivity contribution in [1.29, 1.82) is 0 Å². The molecule has 0 bridgehead atoms. The number of hydrogen-bond donors (Lipinski definition) is 1. The molecule has 2 N–H and O–H groups in total. The lowest BCUT2D eigenvalue weighted by Crippen LogP contribution is -2.32. The molecule has 3 aromatic rings. The van der Waals surface area contributed by atoms with Gasteiger partial charge in [0.05, 0.1) is 23.8 Å². The standard InChI is InChI=1S/C19H23N3O2/c1-12-17-15(7-9-21-12)14-6-5-13(24-4)11-16(14)22(17)10-8-19(2,3)18(20)23/h5-7,9,11H,8,10H2,1-4H3,(H2,20,23). The van der Waals surface area contributed by atoms with Crippen LogP contribution >= 0.6 is 0 Å². The Morgan fingerprint density at radius 1 is 1.29 bits per heavy atom. The van der Waals surface area contributed by atoms with Gasteiger partial charge in [0, 0.05) is 35.0 Å². The van der Waals surface area contributed by atoms with Crippen molar-refractivity contribution in [1.82, 2.24) is 9.55 Å². The number of carbonyl (C=O) groups excluding carboxylic acids is 1. The molecule has 5 heteroatoms. The lowest BCUT2D eigenvalue weighted by Gasteiger charge is -2.21. The number of ether oxygens (including phenoxy) is 1. The van der Waals surface area contributed by atoms with Gasteiger partial charge in [-0.3, -0.25) is 9.78 Å². The predicted molar refractivity (Wildman–Crippen MR) is 96.1 cm³/mol. The fraction of sp³-hybridized carbons (Fsp3) is 0.368. The zero-order valence-corrected chi connectivity index (χ0v) is 14.6. The van der Waals surface area contributed by atoms with Gasteiger partial charge in [-0.05, 0) is 31.5 Å². The van der Waals surface area contributed by atoms with E-state index in [1.807, 2.05) is 45.2 Å². The van der Waals surface area contributed by atoms with Crippen molar-refractivity contribution in [3.8, 4) is 5.75 Å². The first-order chi connectivity index (χ1) is 11.3. The molecule has 0 saturated heterocycles. The van der Waals surface area contributed by atoms with Gasteiger partial charge in [0.15, 0.2) is 0 Å². The number of nitrogens with zero attached hydrogens (tertiary/aromatic N) is 2. The van der Waals surface area contributed by atoms with Gasteiger partial charge in [0.25, 0.3) is 0 Å². The van der Waals surface area contributed by atoms with E-state index in [2.05, 4.69) is 15.6 Å². The topological polar surface area (TPSA) is 70.1 Å². The zero-order valence-electron chi connectivity index (χ0n) is 14.6. The Bertz CT molecular complexity index is 925. The van der Waals surface area contributed by atoms with E-state index in [4.69, 9.17) is 10.5 Å². The summed E-state index contributed by atoms with van der Waals surface area (Å²) in [4.78, 5) is 16.1. The molecule has 1 aromatic carbocycles. The van der Waals surface area contributed by atoms with Gasteiger partial charge in [-0.2, -0.15) is 0 Å². The summed E-state index contributed by atoms with van der Waals surface area (Å²) in [6, 6.07) is 8.11. The fourth-order valence-electron chi connectivity index (χ4n) is 3.07. The Hall–Kier alpha value is -2.56. The number of carbonyl (C=O) groups is 1. The number of aromatic nitrogens is 2. The quantitative estimate of drug-likeness (QED) is 0.781. The average Bonchev–Trinajstić information content (AvgIpc) is 2.87. The molecule has 0 saturated carbocycles. The molecule has 0 unspecified atom stereocenters. The van der Waals surface area contributed by atoms with E-state index in [0.29, 0.717) is 13.0 Å². The highest BCUT2D eigenvalue weighted by atomic mass is 16.5. The SMILES string of the molecule is COc1ccc2c3ccnc(C)c3n(CCC(C)(C)C(N)=O)c2c1. The Morgan fingerprint density at radius 2 is 2.04 bits per heavy atom. The summed E-state index contributed by atoms with van der Waals surface area (Å²) in [5.74, 6) is 0.530. The van der Waals surface area contributed by atoms with E-state index in [1.54, 1.807) is 7.11 Å². The molecule has 0 aliphatic heterocycles. The first-order valence-corrected chi connectivity index (χ1v) is 8.06. The van der Waals surface area contributed by atoms with Crippen molar-refractivity contribution in [2.75, 3.05) is 7.11 Å². The lowest BCUT2D eigenvalue weighted by molar-refractivity contribution is -0.126. The van der Waals surface area contributed by atoms with Crippen LogP contribution in [0.3, 0.4) is 0 Å². The maximum atomic E-state index is 11.7. The summed E-state index contributed by atoms with van der Waals surface area (Å²) in [6.45, 7) is 6.47. The summed E-state index contributed by atoms with van der Waals surface area (Å²) < 4.78 is 7.61. The molecule has 3 rings (SSSR count). The molecular weight excluding hydrogens is 302 g/mol. The van der Waals surface area contributed by atoms with Gasteiger partial charge >= 0.3 is 0 Å². The van der Waals surface area contributed by atoms with Crippen molar-refractivity contribution in [2.45, 2.75) is 33.7 Å². The Labute approximate surface area is 141 Å². The Morgan fingerprint density at radius 3 is 2.71 bits per heavy atom. The second kappa shape index (κ2) is 5.82. The van der Waals surface area contributed by atoms with E-state index < -0.39 is 5.41 Å². The number of amides is 1. The molecule has 2 heterocycles. The lowest BCUT2D eigenvalue weighted by atomic mass is 9.88. The Balaban J connectivity index is 2.20. The normalized spacial score (nSPS) is 12.0. The van der Waals surface area contributed by atoms with Gasteiger partial charge < -0.3 is 15.0 Å². The molecule has 126 valence electrons. The van der Waals surface area contributed by atoms with E-state index in [9.17, 15) is 4.79 Å². The summed E-state index contributed by atoms with van der Waals surface area (Å²) >= 11 is 0. The maximum Gasteiger partial charge on any atom is 0.223 e. The second-order valence-electron chi connectivity index (χ2n) is 6.83. The van der Waals surface area contributed by atoms with Crippen LogP contribution in [-0.2, 0) is 11.3 Å². The number of pyridine rings is 1. The first kappa shape index (κ1) is 16.3.